The van der Waals surface area contributed by atoms with Crippen molar-refractivity contribution in [2.75, 3.05) is 13.1 Å². The molecule has 3 rings (SSSR count). The lowest BCUT2D eigenvalue weighted by atomic mass is 9.99. The van der Waals surface area contributed by atoms with E-state index < -0.39 is 0 Å². The Balaban J connectivity index is 1.89. The molecule has 2 aromatic rings. The number of fused-ring (bicyclic) bond motifs is 1. The molecule has 1 aliphatic rings. The van der Waals surface area contributed by atoms with Crippen LogP contribution in [0.4, 0.5) is 0 Å². The van der Waals surface area contributed by atoms with E-state index in [-0.39, 0.29) is 4.94 Å². The first kappa shape index (κ1) is 10.1. The summed E-state index contributed by atoms with van der Waals surface area (Å²) in [6, 6.07) is 6.06. The van der Waals surface area contributed by atoms with Gasteiger partial charge in [0.2, 0.25) is 0 Å². The van der Waals surface area contributed by atoms with Crippen molar-refractivity contribution in [2.45, 2.75) is 12.8 Å². The Morgan fingerprint density at radius 1 is 1.50 bits per heavy atom. The summed E-state index contributed by atoms with van der Waals surface area (Å²) in [5.74, 6) is 0.737. The van der Waals surface area contributed by atoms with E-state index in [2.05, 4.69) is 17.4 Å². The molecule has 1 aliphatic heterocycles. The number of hydrogen-bond donors (Lipinski definition) is 1. The normalized spacial score (nSPS) is 20.6. The molecule has 84 valence electrons. The zero-order valence-electron chi connectivity index (χ0n) is 8.86. The lowest BCUT2D eigenvalue weighted by Crippen LogP contribution is -2.10. The van der Waals surface area contributed by atoms with E-state index in [1.807, 2.05) is 6.07 Å². The van der Waals surface area contributed by atoms with Crippen molar-refractivity contribution in [3.63, 3.8) is 0 Å². The number of nitrogens with one attached hydrogen (secondary N) is 1. The predicted octanol–water partition coefficient (Wildman–Crippen LogP) is 2.01. The van der Waals surface area contributed by atoms with Crippen molar-refractivity contribution in [3.05, 3.63) is 33.5 Å². The SMILES string of the molecule is O=c1oc2ccc(CC3CCNC3)cc2s1. The Morgan fingerprint density at radius 3 is 3.25 bits per heavy atom. The smallest absolute Gasteiger partial charge is 0.396 e. The summed E-state index contributed by atoms with van der Waals surface area (Å²) in [6.45, 7) is 2.24. The molecule has 1 aromatic carbocycles. The second-order valence-electron chi connectivity index (χ2n) is 4.30. The van der Waals surface area contributed by atoms with Crippen molar-refractivity contribution >= 4 is 21.6 Å². The minimum atomic E-state index is -0.213. The lowest BCUT2D eigenvalue weighted by molar-refractivity contribution is 0.577. The molecule has 2 heterocycles. The second-order valence-corrected chi connectivity index (χ2v) is 5.28. The molecule has 1 fully saturated rings. The average molecular weight is 235 g/mol. The number of benzene rings is 1. The molecule has 3 nitrogen and oxygen atoms in total. The van der Waals surface area contributed by atoms with Gasteiger partial charge in [0, 0.05) is 0 Å². The highest BCUT2D eigenvalue weighted by Crippen LogP contribution is 2.21. The van der Waals surface area contributed by atoms with Gasteiger partial charge < -0.3 is 9.73 Å². The van der Waals surface area contributed by atoms with Crippen LogP contribution in [0, 0.1) is 5.92 Å². The van der Waals surface area contributed by atoms with Gasteiger partial charge >= 0.3 is 4.94 Å². The first-order valence-corrected chi connectivity index (χ1v) is 6.36. The topological polar surface area (TPSA) is 42.2 Å². The second kappa shape index (κ2) is 4.03. The summed E-state index contributed by atoms with van der Waals surface area (Å²) in [6.07, 6.45) is 2.34. The van der Waals surface area contributed by atoms with E-state index in [0.717, 1.165) is 30.1 Å². The Morgan fingerprint density at radius 2 is 2.44 bits per heavy atom. The third-order valence-electron chi connectivity index (χ3n) is 3.08. The van der Waals surface area contributed by atoms with Crippen LogP contribution in [0.1, 0.15) is 12.0 Å². The minimum Gasteiger partial charge on any atom is -0.414 e. The molecule has 0 radical (unpaired) electrons. The van der Waals surface area contributed by atoms with Crippen LogP contribution in [-0.2, 0) is 6.42 Å². The van der Waals surface area contributed by atoms with Crippen LogP contribution in [0.15, 0.2) is 27.4 Å². The van der Waals surface area contributed by atoms with Gasteiger partial charge in [-0.3, -0.25) is 0 Å². The molecule has 0 spiro atoms. The van der Waals surface area contributed by atoms with Gasteiger partial charge in [0.1, 0.15) is 5.58 Å². The third-order valence-corrected chi connectivity index (χ3v) is 3.87. The van der Waals surface area contributed by atoms with Crippen LogP contribution in [-0.4, -0.2) is 13.1 Å². The van der Waals surface area contributed by atoms with Gasteiger partial charge in [0.25, 0.3) is 0 Å². The van der Waals surface area contributed by atoms with Gasteiger partial charge in [-0.25, -0.2) is 4.79 Å². The van der Waals surface area contributed by atoms with E-state index in [4.69, 9.17) is 4.42 Å². The Kier molecular flexibility index (Phi) is 2.53. The standard InChI is InChI=1S/C12H13NO2S/c14-12-15-10-2-1-8(6-11(10)16-12)5-9-3-4-13-7-9/h1-2,6,9,13H,3-5,7H2. The quantitative estimate of drug-likeness (QED) is 0.865. The van der Waals surface area contributed by atoms with Crippen molar-refractivity contribution < 1.29 is 4.42 Å². The van der Waals surface area contributed by atoms with Gasteiger partial charge in [-0.2, -0.15) is 0 Å². The van der Waals surface area contributed by atoms with Gasteiger partial charge in [0.05, 0.1) is 4.70 Å². The highest BCUT2D eigenvalue weighted by atomic mass is 32.1. The van der Waals surface area contributed by atoms with Crippen LogP contribution < -0.4 is 10.3 Å². The summed E-state index contributed by atoms with van der Waals surface area (Å²) in [5.41, 5.74) is 2.02. The van der Waals surface area contributed by atoms with Crippen LogP contribution in [0.3, 0.4) is 0 Å². The fraction of sp³-hybridized carbons (Fsp3) is 0.417. The molecule has 1 aromatic heterocycles. The molecule has 0 saturated carbocycles. The first-order valence-electron chi connectivity index (χ1n) is 5.54. The molecule has 1 saturated heterocycles. The largest absolute Gasteiger partial charge is 0.414 e. The fourth-order valence-electron chi connectivity index (χ4n) is 2.27. The molecule has 0 amide bonds. The molecular weight excluding hydrogens is 222 g/mol. The van der Waals surface area contributed by atoms with Crippen molar-refractivity contribution in [1.82, 2.24) is 5.32 Å². The van der Waals surface area contributed by atoms with Crippen LogP contribution >= 0.6 is 11.3 Å². The van der Waals surface area contributed by atoms with Crippen molar-refractivity contribution in [2.24, 2.45) is 5.92 Å². The van der Waals surface area contributed by atoms with E-state index >= 15 is 0 Å². The van der Waals surface area contributed by atoms with Crippen LogP contribution in [0.2, 0.25) is 0 Å². The minimum absolute atomic E-state index is 0.213. The monoisotopic (exact) mass is 235 g/mol. The molecule has 1 atom stereocenters. The molecular formula is C12H13NO2S. The Hall–Kier alpha value is -1.13. The van der Waals surface area contributed by atoms with Crippen LogP contribution in [0.5, 0.6) is 0 Å². The zero-order chi connectivity index (χ0) is 11.0. The van der Waals surface area contributed by atoms with Gasteiger partial charge in [-0.05, 0) is 49.5 Å². The maximum atomic E-state index is 11.1. The molecule has 16 heavy (non-hydrogen) atoms. The molecule has 0 bridgehead atoms. The van der Waals surface area contributed by atoms with Gasteiger partial charge in [-0.1, -0.05) is 17.4 Å². The zero-order valence-corrected chi connectivity index (χ0v) is 9.68. The number of rotatable bonds is 2. The summed E-state index contributed by atoms with van der Waals surface area (Å²) >= 11 is 1.19. The fourth-order valence-corrected chi connectivity index (χ4v) is 3.00. The summed E-state index contributed by atoms with van der Waals surface area (Å²) in [5, 5.41) is 3.37. The molecule has 4 heteroatoms. The Bertz CT molecular complexity index is 551. The molecule has 0 aliphatic carbocycles. The van der Waals surface area contributed by atoms with E-state index in [9.17, 15) is 4.79 Å². The maximum Gasteiger partial charge on any atom is 0.396 e. The summed E-state index contributed by atoms with van der Waals surface area (Å²) < 4.78 is 6.01. The molecule has 1 N–H and O–H groups in total. The van der Waals surface area contributed by atoms with Crippen molar-refractivity contribution in [1.29, 1.82) is 0 Å². The highest BCUT2D eigenvalue weighted by Gasteiger charge is 2.15. The van der Waals surface area contributed by atoms with Crippen molar-refractivity contribution in [3.8, 4) is 0 Å². The Labute approximate surface area is 97.1 Å². The average Bonchev–Trinajstić information content (AvgIpc) is 2.85. The predicted molar refractivity (Wildman–Crippen MR) is 65.0 cm³/mol. The van der Waals surface area contributed by atoms with E-state index in [1.54, 1.807) is 0 Å². The summed E-state index contributed by atoms with van der Waals surface area (Å²) in [7, 11) is 0. The summed E-state index contributed by atoms with van der Waals surface area (Å²) in [4.78, 5) is 10.9. The van der Waals surface area contributed by atoms with E-state index in [0.29, 0.717) is 5.58 Å². The number of hydrogen-bond acceptors (Lipinski definition) is 4. The molecule has 1 unspecified atom stereocenters. The first-order chi connectivity index (χ1) is 7.81. The highest BCUT2D eigenvalue weighted by molar-refractivity contribution is 7.16. The third kappa shape index (κ3) is 1.90. The van der Waals surface area contributed by atoms with Crippen LogP contribution in [0.25, 0.3) is 10.3 Å². The van der Waals surface area contributed by atoms with E-state index in [1.165, 1.54) is 23.3 Å². The van der Waals surface area contributed by atoms with Gasteiger partial charge in [-0.15, -0.1) is 0 Å². The maximum absolute atomic E-state index is 11.1. The lowest BCUT2D eigenvalue weighted by Gasteiger charge is -2.07. The van der Waals surface area contributed by atoms with Gasteiger partial charge in [0.15, 0.2) is 0 Å².